The SMILES string of the molecule is C[C@@H](C1CCCCC1)N(C(=O)[C@@H]1CCCC[C@H]1C(=O)O)C(=O)N(CCC(=O)O)CCc1ccc(Cl)cc1Cl. The average Bonchev–Trinajstić information content (AvgIpc) is 2.89. The Morgan fingerprint density at radius 2 is 1.55 bits per heavy atom. The number of aliphatic carboxylic acids is 2. The summed E-state index contributed by atoms with van der Waals surface area (Å²) in [5.74, 6) is -4.00. The number of amides is 3. The minimum absolute atomic E-state index is 0.0758. The zero-order chi connectivity index (χ0) is 27.8. The molecule has 2 fully saturated rings. The molecule has 1 aromatic rings. The summed E-state index contributed by atoms with van der Waals surface area (Å²) in [5, 5.41) is 20.1. The predicted molar refractivity (Wildman–Crippen MR) is 145 cm³/mol. The molecular formula is C28H38Cl2N2O6. The third-order valence-electron chi connectivity index (χ3n) is 8.12. The molecule has 1 aromatic carbocycles. The summed E-state index contributed by atoms with van der Waals surface area (Å²) in [5.41, 5.74) is 0.751. The summed E-state index contributed by atoms with van der Waals surface area (Å²) >= 11 is 12.3. The monoisotopic (exact) mass is 568 g/mol. The lowest BCUT2D eigenvalue weighted by Gasteiger charge is -2.41. The summed E-state index contributed by atoms with van der Waals surface area (Å²) in [6.07, 6.45) is 7.30. The topological polar surface area (TPSA) is 115 Å². The van der Waals surface area contributed by atoms with Crippen LogP contribution in [0.2, 0.25) is 10.0 Å². The third-order valence-corrected chi connectivity index (χ3v) is 8.70. The molecule has 10 heteroatoms. The normalized spacial score (nSPS) is 20.9. The zero-order valence-electron chi connectivity index (χ0n) is 21.9. The van der Waals surface area contributed by atoms with Crippen molar-refractivity contribution >= 4 is 47.1 Å². The highest BCUT2D eigenvalue weighted by Crippen LogP contribution is 2.35. The van der Waals surface area contributed by atoms with Crippen LogP contribution < -0.4 is 0 Å². The van der Waals surface area contributed by atoms with E-state index in [0.29, 0.717) is 29.3 Å². The van der Waals surface area contributed by atoms with Gasteiger partial charge in [0.1, 0.15) is 0 Å². The van der Waals surface area contributed by atoms with Crippen molar-refractivity contribution in [3.8, 4) is 0 Å². The lowest BCUT2D eigenvalue weighted by atomic mass is 9.77. The van der Waals surface area contributed by atoms with E-state index in [4.69, 9.17) is 23.2 Å². The van der Waals surface area contributed by atoms with Crippen molar-refractivity contribution in [2.24, 2.45) is 17.8 Å². The van der Waals surface area contributed by atoms with E-state index in [9.17, 15) is 29.4 Å². The van der Waals surface area contributed by atoms with Gasteiger partial charge in [0.05, 0.1) is 18.3 Å². The molecule has 2 N–H and O–H groups in total. The van der Waals surface area contributed by atoms with E-state index in [0.717, 1.165) is 50.5 Å². The molecule has 38 heavy (non-hydrogen) atoms. The number of hydrogen-bond donors (Lipinski definition) is 2. The van der Waals surface area contributed by atoms with E-state index in [1.165, 1.54) is 9.80 Å². The zero-order valence-corrected chi connectivity index (χ0v) is 23.4. The highest BCUT2D eigenvalue weighted by Gasteiger charge is 2.43. The van der Waals surface area contributed by atoms with Crippen LogP contribution in [0.25, 0.3) is 0 Å². The van der Waals surface area contributed by atoms with Gasteiger partial charge in [-0.1, -0.05) is 61.4 Å². The molecule has 8 nitrogen and oxygen atoms in total. The summed E-state index contributed by atoms with van der Waals surface area (Å²) in [4.78, 5) is 54.2. The van der Waals surface area contributed by atoms with Crippen LogP contribution in [0.4, 0.5) is 4.79 Å². The van der Waals surface area contributed by atoms with Gasteiger partial charge in [-0.3, -0.25) is 19.3 Å². The number of rotatable bonds is 10. The Hall–Kier alpha value is -2.32. The maximum absolute atomic E-state index is 14.1. The number of carbonyl (C=O) groups is 4. The molecule has 0 aromatic heterocycles. The van der Waals surface area contributed by atoms with Crippen molar-refractivity contribution in [3.63, 3.8) is 0 Å². The molecule has 3 atom stereocenters. The van der Waals surface area contributed by atoms with Gasteiger partial charge in [-0.25, -0.2) is 4.79 Å². The number of imide groups is 1. The van der Waals surface area contributed by atoms with Gasteiger partial charge >= 0.3 is 18.0 Å². The molecule has 2 saturated carbocycles. The third kappa shape index (κ3) is 7.85. The van der Waals surface area contributed by atoms with E-state index in [1.54, 1.807) is 18.2 Å². The van der Waals surface area contributed by atoms with Crippen molar-refractivity contribution in [2.75, 3.05) is 13.1 Å². The number of benzene rings is 1. The quantitative estimate of drug-likeness (QED) is 0.351. The van der Waals surface area contributed by atoms with E-state index in [2.05, 4.69) is 0 Å². The van der Waals surface area contributed by atoms with Crippen LogP contribution in [0.5, 0.6) is 0 Å². The summed E-state index contributed by atoms with van der Waals surface area (Å²) < 4.78 is 0. The molecule has 3 amide bonds. The van der Waals surface area contributed by atoms with Crippen molar-refractivity contribution in [1.82, 2.24) is 9.80 Å². The van der Waals surface area contributed by atoms with Gasteiger partial charge < -0.3 is 15.1 Å². The minimum atomic E-state index is -1.05. The summed E-state index contributed by atoms with van der Waals surface area (Å²) in [6.45, 7) is 1.95. The molecular weight excluding hydrogens is 531 g/mol. The standard InChI is InChI=1S/C28H38Cl2N2O6/c1-18(19-7-3-2-4-8-19)32(26(35)22-9-5-6-10-23(22)27(36)37)28(38)31(16-14-25(33)34)15-13-20-11-12-21(29)17-24(20)30/h11-12,17-19,22-23H,2-10,13-16H2,1H3,(H,33,34)(H,36,37)/t18-,22+,23+/m0/s1. The van der Waals surface area contributed by atoms with Gasteiger partial charge in [-0.05, 0) is 62.6 Å². The number of hydrogen-bond acceptors (Lipinski definition) is 4. The minimum Gasteiger partial charge on any atom is -0.481 e. The van der Waals surface area contributed by atoms with Crippen LogP contribution in [0, 0.1) is 17.8 Å². The first-order valence-corrected chi connectivity index (χ1v) is 14.4. The second kappa shape index (κ2) is 14.2. The molecule has 2 aliphatic carbocycles. The van der Waals surface area contributed by atoms with Crippen molar-refractivity contribution < 1.29 is 29.4 Å². The van der Waals surface area contributed by atoms with Crippen LogP contribution in [0.3, 0.4) is 0 Å². The van der Waals surface area contributed by atoms with Crippen molar-refractivity contribution in [2.45, 2.75) is 83.6 Å². The van der Waals surface area contributed by atoms with Crippen LogP contribution in [-0.2, 0) is 20.8 Å². The molecule has 0 saturated heterocycles. The first-order chi connectivity index (χ1) is 18.1. The number of halogens is 2. The number of carboxylic acids is 2. The van der Waals surface area contributed by atoms with Gasteiger partial charge in [-0.2, -0.15) is 0 Å². The van der Waals surface area contributed by atoms with Crippen LogP contribution in [0.1, 0.15) is 76.7 Å². The van der Waals surface area contributed by atoms with Gasteiger partial charge in [0.2, 0.25) is 5.91 Å². The lowest BCUT2D eigenvalue weighted by molar-refractivity contribution is -0.152. The summed E-state index contributed by atoms with van der Waals surface area (Å²) in [7, 11) is 0. The first-order valence-electron chi connectivity index (χ1n) is 13.6. The van der Waals surface area contributed by atoms with E-state index < -0.39 is 41.8 Å². The van der Waals surface area contributed by atoms with Crippen molar-refractivity contribution in [1.29, 1.82) is 0 Å². The lowest BCUT2D eigenvalue weighted by Crippen LogP contribution is -2.56. The fraction of sp³-hybridized carbons (Fsp3) is 0.643. The fourth-order valence-corrected chi connectivity index (χ4v) is 6.37. The highest BCUT2D eigenvalue weighted by molar-refractivity contribution is 6.35. The molecule has 3 rings (SSSR count). The largest absolute Gasteiger partial charge is 0.481 e. The molecule has 0 unspecified atom stereocenters. The number of carbonyl (C=O) groups excluding carboxylic acids is 2. The Labute approximate surface area is 234 Å². The number of urea groups is 1. The van der Waals surface area contributed by atoms with Crippen molar-refractivity contribution in [3.05, 3.63) is 33.8 Å². The molecule has 0 aliphatic heterocycles. The molecule has 210 valence electrons. The molecule has 2 aliphatic rings. The Bertz CT molecular complexity index is 1010. The maximum Gasteiger partial charge on any atom is 0.326 e. The maximum atomic E-state index is 14.1. The van der Waals surface area contributed by atoms with Crippen LogP contribution >= 0.6 is 23.2 Å². The second-order valence-corrected chi connectivity index (χ2v) is 11.4. The van der Waals surface area contributed by atoms with Gasteiger partial charge in [-0.15, -0.1) is 0 Å². The Balaban J connectivity index is 1.91. The van der Waals surface area contributed by atoms with E-state index >= 15 is 0 Å². The molecule has 0 spiro atoms. The first kappa shape index (κ1) is 30.2. The molecule has 0 heterocycles. The van der Waals surface area contributed by atoms with Gasteiger partial charge in [0.25, 0.3) is 0 Å². The second-order valence-electron chi connectivity index (χ2n) is 10.6. The smallest absolute Gasteiger partial charge is 0.326 e. The number of nitrogens with zero attached hydrogens (tertiary/aromatic N) is 2. The van der Waals surface area contributed by atoms with Crippen LogP contribution in [-0.4, -0.2) is 63.0 Å². The molecule has 0 bridgehead atoms. The predicted octanol–water partition coefficient (Wildman–Crippen LogP) is 6.12. The Morgan fingerprint density at radius 3 is 2.16 bits per heavy atom. The Kier molecular flexibility index (Phi) is 11.3. The average molecular weight is 570 g/mol. The summed E-state index contributed by atoms with van der Waals surface area (Å²) in [6, 6.07) is 4.09. The Morgan fingerprint density at radius 1 is 0.921 bits per heavy atom. The van der Waals surface area contributed by atoms with Crippen LogP contribution in [0.15, 0.2) is 18.2 Å². The highest BCUT2D eigenvalue weighted by atomic mass is 35.5. The van der Waals surface area contributed by atoms with E-state index in [-0.39, 0.29) is 25.4 Å². The van der Waals surface area contributed by atoms with Gasteiger partial charge in [0, 0.05) is 29.2 Å². The fourth-order valence-electron chi connectivity index (χ4n) is 5.86. The van der Waals surface area contributed by atoms with Gasteiger partial charge in [0.15, 0.2) is 0 Å². The number of carboxylic acid groups (broad SMARTS) is 2. The van der Waals surface area contributed by atoms with E-state index in [1.807, 2.05) is 6.92 Å². The molecule has 0 radical (unpaired) electrons.